The van der Waals surface area contributed by atoms with Crippen LogP contribution in [0.25, 0.3) is 0 Å². The summed E-state index contributed by atoms with van der Waals surface area (Å²) >= 11 is 0. The molecule has 24 heavy (non-hydrogen) atoms. The van der Waals surface area contributed by atoms with Crippen LogP contribution in [0.1, 0.15) is 25.8 Å². The highest BCUT2D eigenvalue weighted by molar-refractivity contribution is 6.02. The number of aliphatic hydroxyl groups is 1. The fourth-order valence-corrected chi connectivity index (χ4v) is 2.60. The minimum absolute atomic E-state index is 0.177. The normalized spacial score (nSPS) is 20.3. The lowest BCUT2D eigenvalue weighted by Crippen LogP contribution is -2.37. The van der Waals surface area contributed by atoms with Crippen LogP contribution in [0, 0.1) is 12.7 Å². The molecule has 0 aromatic heterocycles. The zero-order valence-corrected chi connectivity index (χ0v) is 14.5. The van der Waals surface area contributed by atoms with E-state index in [1.807, 2.05) is 13.1 Å². The Bertz CT molecular complexity index is 692. The van der Waals surface area contributed by atoms with Crippen molar-refractivity contribution in [3.63, 3.8) is 0 Å². The summed E-state index contributed by atoms with van der Waals surface area (Å²) < 4.78 is 13.3. The Labute approximate surface area is 142 Å². The number of aliphatic hydroxyl groups excluding tert-OH is 1. The molecule has 0 saturated heterocycles. The van der Waals surface area contributed by atoms with E-state index >= 15 is 0 Å². The van der Waals surface area contributed by atoms with E-state index in [0.29, 0.717) is 22.7 Å². The standard InChI is InChI=1S/C18H25FN4O/c1-5-14-10-17(23(4)22-14)18(24)16(9-12(3)20)21-15-7-6-13(19)8-11(15)2/h6-10,14,18,22,24H,5,20H2,1-4H3. The first-order valence-corrected chi connectivity index (χ1v) is 8.00. The Kier molecular flexibility index (Phi) is 5.75. The molecule has 2 atom stereocenters. The minimum atomic E-state index is -0.929. The summed E-state index contributed by atoms with van der Waals surface area (Å²) in [5, 5.41) is 12.6. The number of halogens is 1. The van der Waals surface area contributed by atoms with Gasteiger partial charge in [0.25, 0.3) is 0 Å². The number of allylic oxidation sites excluding steroid dienone is 1. The summed E-state index contributed by atoms with van der Waals surface area (Å²) in [5.41, 5.74) is 12.0. The highest BCUT2D eigenvalue weighted by Crippen LogP contribution is 2.23. The van der Waals surface area contributed by atoms with E-state index in [-0.39, 0.29) is 11.9 Å². The largest absolute Gasteiger partial charge is 0.402 e. The highest BCUT2D eigenvalue weighted by atomic mass is 19.1. The fourth-order valence-electron chi connectivity index (χ4n) is 2.60. The summed E-state index contributed by atoms with van der Waals surface area (Å²) in [4.78, 5) is 4.52. The van der Waals surface area contributed by atoms with Gasteiger partial charge < -0.3 is 15.8 Å². The first-order valence-electron chi connectivity index (χ1n) is 8.00. The Balaban J connectivity index is 2.42. The van der Waals surface area contributed by atoms with Crippen molar-refractivity contribution in [1.82, 2.24) is 10.4 Å². The van der Waals surface area contributed by atoms with Gasteiger partial charge in [-0.05, 0) is 56.2 Å². The second-order valence-electron chi connectivity index (χ2n) is 6.05. The Morgan fingerprint density at radius 1 is 1.54 bits per heavy atom. The lowest BCUT2D eigenvalue weighted by atomic mass is 10.1. The van der Waals surface area contributed by atoms with Gasteiger partial charge in [-0.1, -0.05) is 6.92 Å². The summed E-state index contributed by atoms with van der Waals surface area (Å²) in [6.07, 6.45) is 3.61. The molecule has 0 fully saturated rings. The fraction of sp³-hybridized carbons (Fsp3) is 0.389. The molecule has 0 radical (unpaired) electrons. The number of hydrogen-bond acceptors (Lipinski definition) is 5. The van der Waals surface area contributed by atoms with E-state index in [4.69, 9.17) is 5.73 Å². The molecular weight excluding hydrogens is 307 g/mol. The van der Waals surface area contributed by atoms with Crippen molar-refractivity contribution in [3.8, 4) is 0 Å². The van der Waals surface area contributed by atoms with Crippen molar-refractivity contribution in [2.45, 2.75) is 39.3 Å². The van der Waals surface area contributed by atoms with E-state index in [0.717, 1.165) is 12.1 Å². The molecular formula is C18H25FN4O. The SMILES string of the molecule is CCC1C=C(C(O)C(C=C(C)N)=Nc2ccc(F)cc2C)N(C)N1. The summed E-state index contributed by atoms with van der Waals surface area (Å²) in [5.74, 6) is -0.313. The number of nitrogens with one attached hydrogen (secondary N) is 1. The monoisotopic (exact) mass is 332 g/mol. The molecule has 1 heterocycles. The molecule has 5 nitrogen and oxygen atoms in total. The number of likely N-dealkylation sites (N-methyl/N-ethyl adjacent to an activating group) is 1. The third-order valence-electron chi connectivity index (χ3n) is 3.90. The number of benzene rings is 1. The van der Waals surface area contributed by atoms with Crippen molar-refractivity contribution in [1.29, 1.82) is 0 Å². The van der Waals surface area contributed by atoms with Crippen LogP contribution >= 0.6 is 0 Å². The van der Waals surface area contributed by atoms with Gasteiger partial charge in [-0.25, -0.2) is 14.8 Å². The molecule has 0 saturated carbocycles. The van der Waals surface area contributed by atoms with E-state index in [1.165, 1.54) is 12.1 Å². The predicted octanol–water partition coefficient (Wildman–Crippen LogP) is 2.54. The van der Waals surface area contributed by atoms with Gasteiger partial charge in [0.05, 0.1) is 17.1 Å². The van der Waals surface area contributed by atoms with Crippen molar-refractivity contribution in [3.05, 3.63) is 53.1 Å². The minimum Gasteiger partial charge on any atom is -0.402 e. The number of aryl methyl sites for hydroxylation is 1. The van der Waals surface area contributed by atoms with Crippen LogP contribution in [0.2, 0.25) is 0 Å². The van der Waals surface area contributed by atoms with Gasteiger partial charge in [-0.15, -0.1) is 0 Å². The van der Waals surface area contributed by atoms with Crippen LogP contribution in [0.4, 0.5) is 10.1 Å². The zero-order valence-electron chi connectivity index (χ0n) is 14.5. The van der Waals surface area contributed by atoms with Crippen molar-refractivity contribution < 1.29 is 9.50 Å². The zero-order chi connectivity index (χ0) is 17.9. The van der Waals surface area contributed by atoms with Gasteiger partial charge in [-0.2, -0.15) is 0 Å². The summed E-state index contributed by atoms with van der Waals surface area (Å²) in [6, 6.07) is 4.54. The first-order chi connectivity index (χ1) is 11.3. The second kappa shape index (κ2) is 7.59. The van der Waals surface area contributed by atoms with Gasteiger partial charge in [0.1, 0.15) is 11.9 Å². The second-order valence-corrected chi connectivity index (χ2v) is 6.05. The van der Waals surface area contributed by atoms with Crippen molar-refractivity contribution in [2.75, 3.05) is 7.05 Å². The van der Waals surface area contributed by atoms with Crippen LogP contribution in [-0.2, 0) is 0 Å². The maximum atomic E-state index is 13.3. The molecule has 2 unspecified atom stereocenters. The molecule has 1 aromatic carbocycles. The molecule has 6 heteroatoms. The highest BCUT2D eigenvalue weighted by Gasteiger charge is 2.26. The Hall–Kier alpha value is -2.18. The average Bonchev–Trinajstić information content (AvgIpc) is 2.89. The molecule has 0 bridgehead atoms. The van der Waals surface area contributed by atoms with Crippen LogP contribution in [0.5, 0.6) is 0 Å². The van der Waals surface area contributed by atoms with Gasteiger partial charge in [0.2, 0.25) is 0 Å². The van der Waals surface area contributed by atoms with E-state index in [9.17, 15) is 9.50 Å². The van der Waals surface area contributed by atoms with Gasteiger partial charge >= 0.3 is 0 Å². The number of hydrazine groups is 1. The first kappa shape index (κ1) is 18.2. The number of hydrogen-bond donors (Lipinski definition) is 3. The molecule has 4 N–H and O–H groups in total. The molecule has 1 aliphatic heterocycles. The molecule has 0 aliphatic carbocycles. The van der Waals surface area contributed by atoms with Gasteiger partial charge in [0.15, 0.2) is 0 Å². The molecule has 2 rings (SSSR count). The quantitative estimate of drug-likeness (QED) is 0.725. The lowest BCUT2D eigenvalue weighted by Gasteiger charge is -2.22. The topological polar surface area (TPSA) is 73.9 Å². The van der Waals surface area contributed by atoms with E-state index in [2.05, 4.69) is 17.3 Å². The van der Waals surface area contributed by atoms with E-state index in [1.54, 1.807) is 31.0 Å². The number of rotatable bonds is 5. The number of nitrogens with zero attached hydrogens (tertiary/aromatic N) is 2. The number of nitrogens with two attached hydrogens (primary N) is 1. The maximum Gasteiger partial charge on any atom is 0.137 e. The number of aliphatic imine (C=N–C) groups is 1. The van der Waals surface area contributed by atoms with Gasteiger partial charge in [0, 0.05) is 18.8 Å². The molecule has 0 spiro atoms. The third-order valence-corrected chi connectivity index (χ3v) is 3.90. The summed E-state index contributed by atoms with van der Waals surface area (Å²) in [6.45, 7) is 5.58. The van der Waals surface area contributed by atoms with Crippen LogP contribution in [-0.4, -0.2) is 35.0 Å². The van der Waals surface area contributed by atoms with Crippen molar-refractivity contribution in [2.24, 2.45) is 10.7 Å². The molecule has 1 aliphatic rings. The third kappa shape index (κ3) is 4.21. The lowest BCUT2D eigenvalue weighted by molar-refractivity contribution is 0.208. The Morgan fingerprint density at radius 2 is 2.25 bits per heavy atom. The predicted molar refractivity (Wildman–Crippen MR) is 95.2 cm³/mol. The van der Waals surface area contributed by atoms with E-state index < -0.39 is 6.10 Å². The average molecular weight is 332 g/mol. The van der Waals surface area contributed by atoms with Crippen LogP contribution in [0.3, 0.4) is 0 Å². The molecule has 130 valence electrons. The van der Waals surface area contributed by atoms with Gasteiger partial charge in [-0.3, -0.25) is 0 Å². The maximum absolute atomic E-state index is 13.3. The van der Waals surface area contributed by atoms with Crippen molar-refractivity contribution >= 4 is 11.4 Å². The van der Waals surface area contributed by atoms with Crippen LogP contribution in [0.15, 0.2) is 46.7 Å². The summed E-state index contributed by atoms with van der Waals surface area (Å²) in [7, 11) is 1.85. The smallest absolute Gasteiger partial charge is 0.137 e. The van der Waals surface area contributed by atoms with Crippen LogP contribution < -0.4 is 11.2 Å². The Morgan fingerprint density at radius 3 is 2.79 bits per heavy atom. The molecule has 0 amide bonds. The molecule has 1 aromatic rings.